The fourth-order valence-corrected chi connectivity index (χ4v) is 2.86. The van der Waals surface area contributed by atoms with Crippen LogP contribution in [0.5, 0.6) is 0 Å². The number of hydrazone groups is 1. The minimum Gasteiger partial charge on any atom is -0.258 e. The Balaban J connectivity index is 1.72. The van der Waals surface area contributed by atoms with Crippen molar-refractivity contribution in [3.8, 4) is 11.3 Å². The van der Waals surface area contributed by atoms with E-state index in [1.54, 1.807) is 12.1 Å². The molecule has 6 nitrogen and oxygen atoms in total. The van der Waals surface area contributed by atoms with Crippen molar-refractivity contribution in [3.05, 3.63) is 75.2 Å². The molecule has 0 bridgehead atoms. The van der Waals surface area contributed by atoms with Crippen LogP contribution < -0.4 is 5.43 Å². The number of non-ortho nitro benzene ring substituents is 1. The van der Waals surface area contributed by atoms with Gasteiger partial charge < -0.3 is 0 Å². The van der Waals surface area contributed by atoms with Gasteiger partial charge in [0, 0.05) is 23.1 Å². The second-order valence-corrected chi connectivity index (χ2v) is 6.38. The molecule has 0 saturated heterocycles. The lowest BCUT2D eigenvalue weighted by Gasteiger charge is -2.02. The summed E-state index contributed by atoms with van der Waals surface area (Å²) in [6, 6.07) is 14.5. The third-order valence-electron chi connectivity index (χ3n) is 3.67. The zero-order valence-electron chi connectivity index (χ0n) is 13.8. The second kappa shape index (κ2) is 7.23. The van der Waals surface area contributed by atoms with Gasteiger partial charge in [0.15, 0.2) is 0 Å². The van der Waals surface area contributed by atoms with Crippen molar-refractivity contribution in [2.45, 2.75) is 13.8 Å². The van der Waals surface area contributed by atoms with E-state index < -0.39 is 4.92 Å². The zero-order valence-corrected chi connectivity index (χ0v) is 14.6. The van der Waals surface area contributed by atoms with E-state index in [0.717, 1.165) is 22.5 Å². The SMILES string of the molecule is C/C(=N\Nc1nc(-c2ccc([N+](=O)[O-])cc2)cs1)c1ccc(C)cc1. The molecule has 0 aliphatic heterocycles. The van der Waals surface area contributed by atoms with Gasteiger partial charge in [-0.1, -0.05) is 29.8 Å². The number of aryl methyl sites for hydroxylation is 1. The predicted octanol–water partition coefficient (Wildman–Crippen LogP) is 4.86. The third kappa shape index (κ3) is 4.07. The van der Waals surface area contributed by atoms with E-state index in [0.29, 0.717) is 5.13 Å². The minimum absolute atomic E-state index is 0.0654. The first-order valence-corrected chi connectivity index (χ1v) is 8.48. The van der Waals surface area contributed by atoms with Gasteiger partial charge in [-0.2, -0.15) is 5.10 Å². The van der Waals surface area contributed by atoms with Crippen LogP contribution >= 0.6 is 11.3 Å². The van der Waals surface area contributed by atoms with E-state index >= 15 is 0 Å². The predicted molar refractivity (Wildman–Crippen MR) is 101 cm³/mol. The summed E-state index contributed by atoms with van der Waals surface area (Å²) in [5.74, 6) is 0. The summed E-state index contributed by atoms with van der Waals surface area (Å²) in [5.41, 5.74) is 7.73. The highest BCUT2D eigenvalue weighted by atomic mass is 32.1. The molecular formula is C18H16N4O2S. The van der Waals surface area contributed by atoms with E-state index in [1.165, 1.54) is 29.0 Å². The Hall–Kier alpha value is -3.06. The largest absolute Gasteiger partial charge is 0.269 e. The standard InChI is InChI=1S/C18H16N4O2S/c1-12-3-5-14(6-4-12)13(2)20-21-18-19-17(11-25-18)15-7-9-16(10-8-15)22(23)24/h3-11H,1-2H3,(H,19,21)/b20-13+. The number of anilines is 1. The van der Waals surface area contributed by atoms with Crippen LogP contribution in [-0.2, 0) is 0 Å². The smallest absolute Gasteiger partial charge is 0.258 e. The number of nitro benzene ring substituents is 1. The van der Waals surface area contributed by atoms with Crippen LogP contribution in [0.2, 0.25) is 0 Å². The van der Waals surface area contributed by atoms with Crippen LogP contribution in [0.3, 0.4) is 0 Å². The van der Waals surface area contributed by atoms with E-state index in [9.17, 15) is 10.1 Å². The number of aromatic nitrogens is 1. The quantitative estimate of drug-likeness (QED) is 0.404. The van der Waals surface area contributed by atoms with Crippen LogP contribution in [0, 0.1) is 17.0 Å². The normalized spacial score (nSPS) is 11.4. The molecule has 1 heterocycles. The molecule has 0 amide bonds. The highest BCUT2D eigenvalue weighted by Crippen LogP contribution is 2.26. The van der Waals surface area contributed by atoms with Crippen LogP contribution in [0.1, 0.15) is 18.1 Å². The average Bonchev–Trinajstić information content (AvgIpc) is 3.09. The van der Waals surface area contributed by atoms with Gasteiger partial charge in [-0.15, -0.1) is 11.3 Å². The summed E-state index contributed by atoms with van der Waals surface area (Å²) < 4.78 is 0. The van der Waals surface area contributed by atoms with Crippen molar-refractivity contribution in [1.82, 2.24) is 4.98 Å². The summed E-state index contributed by atoms with van der Waals surface area (Å²) in [6.45, 7) is 3.98. The molecule has 0 saturated carbocycles. The fraction of sp³-hybridized carbons (Fsp3) is 0.111. The molecule has 126 valence electrons. The average molecular weight is 352 g/mol. The number of benzene rings is 2. The molecule has 1 aromatic heterocycles. The first kappa shape index (κ1) is 16.8. The molecule has 2 aromatic carbocycles. The highest BCUT2D eigenvalue weighted by molar-refractivity contribution is 7.14. The van der Waals surface area contributed by atoms with Gasteiger partial charge in [-0.05, 0) is 31.5 Å². The first-order chi connectivity index (χ1) is 12.0. The molecule has 3 rings (SSSR count). The van der Waals surface area contributed by atoms with E-state index in [4.69, 9.17) is 0 Å². The molecule has 0 atom stereocenters. The monoisotopic (exact) mass is 352 g/mol. The van der Waals surface area contributed by atoms with Crippen molar-refractivity contribution in [1.29, 1.82) is 0 Å². The van der Waals surface area contributed by atoms with E-state index in [2.05, 4.69) is 15.5 Å². The molecular weight excluding hydrogens is 336 g/mol. The molecule has 0 aliphatic carbocycles. The van der Waals surface area contributed by atoms with Crippen LogP contribution in [0.15, 0.2) is 59.0 Å². The van der Waals surface area contributed by atoms with Gasteiger partial charge in [-0.25, -0.2) is 4.98 Å². The number of rotatable bonds is 5. The Morgan fingerprint density at radius 3 is 2.48 bits per heavy atom. The van der Waals surface area contributed by atoms with Crippen LogP contribution in [0.4, 0.5) is 10.8 Å². The number of nitrogens with one attached hydrogen (secondary N) is 1. The van der Waals surface area contributed by atoms with Gasteiger partial charge in [-0.3, -0.25) is 15.5 Å². The fourth-order valence-electron chi connectivity index (χ4n) is 2.20. The van der Waals surface area contributed by atoms with Crippen molar-refractivity contribution in [3.63, 3.8) is 0 Å². The molecule has 0 fully saturated rings. The summed E-state index contributed by atoms with van der Waals surface area (Å²) >= 11 is 1.43. The van der Waals surface area contributed by atoms with E-state index in [-0.39, 0.29) is 5.69 Å². The summed E-state index contributed by atoms with van der Waals surface area (Å²) in [6.07, 6.45) is 0. The molecule has 7 heteroatoms. The Labute approximate surface area is 149 Å². The Bertz CT molecular complexity index is 915. The molecule has 25 heavy (non-hydrogen) atoms. The topological polar surface area (TPSA) is 80.4 Å². The highest BCUT2D eigenvalue weighted by Gasteiger charge is 2.08. The molecule has 1 N–H and O–H groups in total. The van der Waals surface area contributed by atoms with Crippen LogP contribution in [0.25, 0.3) is 11.3 Å². The van der Waals surface area contributed by atoms with Crippen molar-refractivity contribution < 1.29 is 4.92 Å². The Kier molecular flexibility index (Phi) is 4.85. The number of hydrogen-bond donors (Lipinski definition) is 1. The van der Waals surface area contributed by atoms with Crippen LogP contribution in [-0.4, -0.2) is 15.6 Å². The lowest BCUT2D eigenvalue weighted by atomic mass is 10.1. The maximum atomic E-state index is 10.7. The zero-order chi connectivity index (χ0) is 17.8. The minimum atomic E-state index is -0.416. The number of thiazole rings is 1. The Morgan fingerprint density at radius 1 is 1.16 bits per heavy atom. The van der Waals surface area contributed by atoms with Gasteiger partial charge in [0.25, 0.3) is 5.69 Å². The number of nitrogens with zero attached hydrogens (tertiary/aromatic N) is 3. The molecule has 0 radical (unpaired) electrons. The summed E-state index contributed by atoms with van der Waals surface area (Å²) in [5, 5.41) is 17.6. The van der Waals surface area contributed by atoms with Gasteiger partial charge >= 0.3 is 0 Å². The van der Waals surface area contributed by atoms with Crippen molar-refractivity contribution in [2.75, 3.05) is 5.43 Å². The third-order valence-corrected chi connectivity index (χ3v) is 4.41. The van der Waals surface area contributed by atoms with Gasteiger partial charge in [0.2, 0.25) is 5.13 Å². The molecule has 0 aliphatic rings. The summed E-state index contributed by atoms with van der Waals surface area (Å²) in [7, 11) is 0. The summed E-state index contributed by atoms with van der Waals surface area (Å²) in [4.78, 5) is 14.8. The van der Waals surface area contributed by atoms with Gasteiger partial charge in [0.05, 0.1) is 16.3 Å². The van der Waals surface area contributed by atoms with Gasteiger partial charge in [0.1, 0.15) is 0 Å². The molecule has 3 aromatic rings. The van der Waals surface area contributed by atoms with Crippen molar-refractivity contribution >= 4 is 27.9 Å². The lowest BCUT2D eigenvalue weighted by Crippen LogP contribution is -1.99. The maximum Gasteiger partial charge on any atom is 0.269 e. The molecule has 0 unspecified atom stereocenters. The second-order valence-electron chi connectivity index (χ2n) is 5.52. The first-order valence-electron chi connectivity index (χ1n) is 7.60. The van der Waals surface area contributed by atoms with Crippen molar-refractivity contribution in [2.24, 2.45) is 5.10 Å². The number of hydrogen-bond acceptors (Lipinski definition) is 6. The number of nitro groups is 1. The maximum absolute atomic E-state index is 10.7. The lowest BCUT2D eigenvalue weighted by molar-refractivity contribution is -0.384. The Morgan fingerprint density at radius 2 is 1.84 bits per heavy atom. The molecule has 0 spiro atoms. The van der Waals surface area contributed by atoms with E-state index in [1.807, 2.05) is 43.5 Å².